The number of likely N-dealkylation sites (N-methyl/N-ethyl adjacent to an activating group) is 4. The summed E-state index contributed by atoms with van der Waals surface area (Å²) in [5.41, 5.74) is 0. The maximum absolute atomic E-state index is 12.7. The number of amides is 6. The van der Waals surface area contributed by atoms with E-state index in [4.69, 9.17) is 0 Å². The first-order valence-corrected chi connectivity index (χ1v) is 9.20. The van der Waals surface area contributed by atoms with Gasteiger partial charge in [0.15, 0.2) is 0 Å². The van der Waals surface area contributed by atoms with E-state index in [9.17, 15) is 28.8 Å². The van der Waals surface area contributed by atoms with Crippen LogP contribution in [0.1, 0.15) is 6.92 Å². The monoisotopic (exact) mass is 429 g/mol. The topological polar surface area (TPSA) is 169 Å². The molecule has 5 N–H and O–H groups in total. The molecule has 0 aliphatic carbocycles. The molecule has 0 heterocycles. The first-order chi connectivity index (χ1) is 14.1. The van der Waals surface area contributed by atoms with Crippen LogP contribution in [0.2, 0.25) is 0 Å². The van der Waals surface area contributed by atoms with Crippen molar-refractivity contribution in [1.82, 2.24) is 36.4 Å². The van der Waals surface area contributed by atoms with Crippen molar-refractivity contribution in [3.8, 4) is 0 Å². The average Bonchev–Trinajstić information content (AvgIpc) is 2.71. The van der Waals surface area contributed by atoms with E-state index in [1.54, 1.807) is 0 Å². The first-order valence-electron chi connectivity index (χ1n) is 9.20. The van der Waals surface area contributed by atoms with Gasteiger partial charge in [0.1, 0.15) is 19.1 Å². The van der Waals surface area contributed by atoms with Gasteiger partial charge in [-0.25, -0.2) is 0 Å². The smallest absolute Gasteiger partial charge is 0.242 e. The Kier molecular flexibility index (Phi) is 12.4. The predicted molar refractivity (Wildman–Crippen MR) is 107 cm³/mol. The third kappa shape index (κ3) is 10.4. The molecule has 0 aliphatic heterocycles. The van der Waals surface area contributed by atoms with Gasteiger partial charge in [-0.15, -0.1) is 0 Å². The second-order valence-corrected chi connectivity index (χ2v) is 6.32. The lowest BCUT2D eigenvalue weighted by molar-refractivity contribution is -0.141. The molecular formula is C17H31N7O6. The molecule has 0 saturated heterocycles. The van der Waals surface area contributed by atoms with Crippen LogP contribution in [0.5, 0.6) is 0 Å². The lowest BCUT2D eigenvalue weighted by atomic mass is 10.3. The molecule has 13 nitrogen and oxygen atoms in total. The zero-order valence-corrected chi connectivity index (χ0v) is 18.0. The minimum Gasteiger partial charge on any atom is -0.358 e. The van der Waals surface area contributed by atoms with E-state index in [2.05, 4.69) is 26.6 Å². The molecule has 1 atom stereocenters. The van der Waals surface area contributed by atoms with E-state index in [1.807, 2.05) is 0 Å². The quantitative estimate of drug-likeness (QED) is 0.209. The highest BCUT2D eigenvalue weighted by Crippen LogP contribution is 1.97. The molecule has 0 aromatic heterocycles. The molecule has 6 amide bonds. The molecule has 0 aromatic carbocycles. The zero-order valence-electron chi connectivity index (χ0n) is 18.0. The lowest BCUT2D eigenvalue weighted by Gasteiger charge is -2.26. The summed E-state index contributed by atoms with van der Waals surface area (Å²) in [5, 5.41) is 12.0. The van der Waals surface area contributed by atoms with Crippen LogP contribution in [0.15, 0.2) is 0 Å². The summed E-state index contributed by atoms with van der Waals surface area (Å²) in [6.45, 7) is -0.273. The number of hydrogen-bond donors (Lipinski definition) is 5. The van der Waals surface area contributed by atoms with Crippen molar-refractivity contribution in [1.29, 1.82) is 0 Å². The van der Waals surface area contributed by atoms with Crippen molar-refractivity contribution in [2.45, 2.75) is 13.0 Å². The molecule has 0 rings (SSSR count). The highest BCUT2D eigenvalue weighted by Gasteiger charge is 2.25. The Balaban J connectivity index is 5.30. The van der Waals surface area contributed by atoms with Crippen LogP contribution in [0.3, 0.4) is 0 Å². The van der Waals surface area contributed by atoms with E-state index in [-0.39, 0.29) is 19.6 Å². The van der Waals surface area contributed by atoms with Gasteiger partial charge in [0.25, 0.3) is 0 Å². The summed E-state index contributed by atoms with van der Waals surface area (Å²) in [6.07, 6.45) is 0. The van der Waals surface area contributed by atoms with E-state index in [1.165, 1.54) is 40.0 Å². The van der Waals surface area contributed by atoms with Crippen molar-refractivity contribution in [2.24, 2.45) is 0 Å². The van der Waals surface area contributed by atoms with Crippen molar-refractivity contribution in [3.05, 3.63) is 0 Å². The Hall–Kier alpha value is -3.22. The van der Waals surface area contributed by atoms with Crippen LogP contribution in [-0.2, 0) is 28.8 Å². The van der Waals surface area contributed by atoms with E-state index in [0.29, 0.717) is 0 Å². The molecule has 30 heavy (non-hydrogen) atoms. The third-order valence-electron chi connectivity index (χ3n) is 3.97. The fraction of sp³-hybridized carbons (Fsp3) is 0.647. The number of nitrogens with one attached hydrogen (secondary N) is 5. The van der Waals surface area contributed by atoms with Gasteiger partial charge in [-0.3, -0.25) is 33.7 Å². The van der Waals surface area contributed by atoms with Crippen molar-refractivity contribution >= 4 is 35.4 Å². The predicted octanol–water partition coefficient (Wildman–Crippen LogP) is -4.39. The van der Waals surface area contributed by atoms with Gasteiger partial charge in [-0.2, -0.15) is 0 Å². The molecule has 1 unspecified atom stereocenters. The average molecular weight is 429 g/mol. The summed E-state index contributed by atoms with van der Waals surface area (Å²) in [6, 6.07) is -0.836. The Labute approximate surface area is 175 Å². The zero-order chi connectivity index (χ0) is 23.3. The maximum Gasteiger partial charge on any atom is 0.242 e. The highest BCUT2D eigenvalue weighted by atomic mass is 16.2. The second-order valence-electron chi connectivity index (χ2n) is 6.32. The summed E-state index contributed by atoms with van der Waals surface area (Å²) >= 11 is 0. The van der Waals surface area contributed by atoms with Gasteiger partial charge in [0, 0.05) is 28.2 Å². The molecule has 170 valence electrons. The number of carbonyl (C=O) groups is 6. The number of rotatable bonds is 12. The van der Waals surface area contributed by atoms with Crippen LogP contribution in [0.4, 0.5) is 0 Å². The summed E-state index contributed by atoms with van der Waals surface area (Å²) in [5.74, 6) is -3.06. The summed E-state index contributed by atoms with van der Waals surface area (Å²) < 4.78 is 0. The fourth-order valence-electron chi connectivity index (χ4n) is 2.25. The fourth-order valence-corrected chi connectivity index (χ4v) is 2.25. The van der Waals surface area contributed by atoms with Crippen LogP contribution in [-0.4, -0.2) is 112 Å². The van der Waals surface area contributed by atoms with Gasteiger partial charge in [-0.1, -0.05) is 0 Å². The molecule has 0 fully saturated rings. The van der Waals surface area contributed by atoms with Crippen molar-refractivity contribution in [3.63, 3.8) is 0 Å². The second kappa shape index (κ2) is 13.9. The molecule has 0 aliphatic rings. The van der Waals surface area contributed by atoms with Gasteiger partial charge in [0.2, 0.25) is 35.4 Å². The minimum atomic E-state index is -0.836. The van der Waals surface area contributed by atoms with Crippen molar-refractivity contribution in [2.75, 3.05) is 60.9 Å². The molecule has 0 radical (unpaired) electrons. The largest absolute Gasteiger partial charge is 0.358 e. The first kappa shape index (κ1) is 26.8. The molecule has 13 heteroatoms. The standard InChI is InChI=1S/C17H31N7O6/c1-11(17(30)21-5)22-15(28)9-24(8-14(27)20-4)16(29)10-23(6-12(25)18-2)7-13(26)19-3/h11H,6-10H2,1-5H3,(H,18,25)(H,19,26)(H,20,27)(H,21,30)(H,22,28). The Bertz CT molecular complexity index is 637. The Morgan fingerprint density at radius 3 is 1.50 bits per heavy atom. The molecule has 0 aromatic rings. The van der Waals surface area contributed by atoms with Gasteiger partial charge < -0.3 is 31.5 Å². The molecular weight excluding hydrogens is 398 g/mol. The SMILES string of the molecule is CNC(=O)CN(CC(=O)NC)CC(=O)N(CC(=O)NC)CC(=O)NC(C)C(=O)NC. The minimum absolute atomic E-state index is 0.233. The Morgan fingerprint density at radius 1 is 0.633 bits per heavy atom. The highest BCUT2D eigenvalue weighted by molar-refractivity contribution is 5.92. The Morgan fingerprint density at radius 2 is 1.07 bits per heavy atom. The van der Waals surface area contributed by atoms with Crippen LogP contribution < -0.4 is 26.6 Å². The summed E-state index contributed by atoms with van der Waals surface area (Å²) in [4.78, 5) is 73.9. The number of nitrogens with zero attached hydrogens (tertiary/aromatic N) is 2. The number of carbonyl (C=O) groups excluding carboxylic acids is 6. The van der Waals surface area contributed by atoms with Gasteiger partial charge in [-0.05, 0) is 6.92 Å². The van der Waals surface area contributed by atoms with Crippen LogP contribution in [0, 0.1) is 0 Å². The summed E-state index contributed by atoms with van der Waals surface area (Å²) in [7, 11) is 5.62. The molecule has 0 spiro atoms. The van der Waals surface area contributed by atoms with Crippen LogP contribution >= 0.6 is 0 Å². The normalized spacial score (nSPS) is 11.1. The third-order valence-corrected chi connectivity index (χ3v) is 3.97. The molecule has 0 bridgehead atoms. The van der Waals surface area contributed by atoms with E-state index >= 15 is 0 Å². The van der Waals surface area contributed by atoms with Gasteiger partial charge in [0.05, 0.1) is 19.6 Å². The van der Waals surface area contributed by atoms with Gasteiger partial charge >= 0.3 is 0 Å². The van der Waals surface area contributed by atoms with E-state index < -0.39 is 54.6 Å². The van der Waals surface area contributed by atoms with Crippen molar-refractivity contribution < 1.29 is 28.8 Å². The number of hydrogen-bond acceptors (Lipinski definition) is 7. The molecule has 0 saturated carbocycles. The lowest BCUT2D eigenvalue weighted by Crippen LogP contribution is -2.52. The maximum atomic E-state index is 12.7. The van der Waals surface area contributed by atoms with Crippen LogP contribution in [0.25, 0.3) is 0 Å². The van der Waals surface area contributed by atoms with E-state index in [0.717, 1.165) is 4.90 Å².